The predicted octanol–water partition coefficient (Wildman–Crippen LogP) is 5.01. The molecule has 25 heavy (non-hydrogen) atoms. The number of fused-ring (bicyclic) bond motifs is 1. The van der Waals surface area contributed by atoms with Crippen LogP contribution >= 0.6 is 12.6 Å². The fourth-order valence-corrected chi connectivity index (χ4v) is 2.27. The minimum atomic E-state index is 0.709. The van der Waals surface area contributed by atoms with Crippen LogP contribution in [0, 0.1) is 0 Å². The number of nitrogens with zero attached hydrogens (tertiary/aromatic N) is 1. The van der Waals surface area contributed by atoms with Crippen LogP contribution in [0.5, 0.6) is 5.75 Å². The van der Waals surface area contributed by atoms with E-state index in [9.17, 15) is 0 Å². The van der Waals surface area contributed by atoms with Gasteiger partial charge in [-0.25, -0.2) is 4.98 Å². The van der Waals surface area contributed by atoms with Gasteiger partial charge in [0.15, 0.2) is 0 Å². The topological polar surface area (TPSA) is 60.2 Å². The van der Waals surface area contributed by atoms with Crippen molar-refractivity contribution in [3.8, 4) is 5.75 Å². The maximum Gasteiger partial charge on any atom is 0.134 e. The Bertz CT molecular complexity index is 760. The van der Waals surface area contributed by atoms with Gasteiger partial charge in [0.25, 0.3) is 0 Å². The number of pyridine rings is 1. The van der Waals surface area contributed by atoms with Crippen LogP contribution in [-0.2, 0) is 6.54 Å². The van der Waals surface area contributed by atoms with Crippen LogP contribution < -0.4 is 15.8 Å². The number of methoxy groups -OCH3 is 1. The summed E-state index contributed by atoms with van der Waals surface area (Å²) in [5.41, 5.74) is 7.74. The number of hydrogen-bond acceptors (Lipinski definition) is 5. The van der Waals surface area contributed by atoms with E-state index in [1.807, 2.05) is 62.4 Å². The molecule has 0 bridgehead atoms. The molecule has 5 heteroatoms. The summed E-state index contributed by atoms with van der Waals surface area (Å²) < 4.78 is 5.16. The molecule has 0 amide bonds. The second kappa shape index (κ2) is 11.2. The van der Waals surface area contributed by atoms with E-state index in [4.69, 9.17) is 10.5 Å². The van der Waals surface area contributed by atoms with Gasteiger partial charge in [-0.1, -0.05) is 26.0 Å². The van der Waals surface area contributed by atoms with E-state index in [0.717, 1.165) is 28.0 Å². The van der Waals surface area contributed by atoms with Crippen molar-refractivity contribution in [1.82, 2.24) is 4.98 Å². The van der Waals surface area contributed by atoms with Crippen molar-refractivity contribution < 1.29 is 4.74 Å². The van der Waals surface area contributed by atoms with Crippen molar-refractivity contribution in [3.05, 3.63) is 60.3 Å². The molecule has 1 heterocycles. The van der Waals surface area contributed by atoms with E-state index >= 15 is 0 Å². The van der Waals surface area contributed by atoms with Crippen LogP contribution in [-0.4, -0.2) is 18.3 Å². The first-order valence-electron chi connectivity index (χ1n) is 8.22. The van der Waals surface area contributed by atoms with Crippen molar-refractivity contribution in [3.63, 3.8) is 0 Å². The Labute approximate surface area is 155 Å². The van der Waals surface area contributed by atoms with E-state index < -0.39 is 0 Å². The van der Waals surface area contributed by atoms with Gasteiger partial charge in [0.2, 0.25) is 0 Å². The molecule has 134 valence electrons. The summed E-state index contributed by atoms with van der Waals surface area (Å²) >= 11 is 3.53. The monoisotopic (exact) mass is 357 g/mol. The summed E-state index contributed by atoms with van der Waals surface area (Å²) in [5.74, 6) is 1.72. The summed E-state index contributed by atoms with van der Waals surface area (Å²) in [6.07, 6.45) is 3.48. The number of benzene rings is 2. The third-order valence-corrected chi connectivity index (χ3v) is 3.41. The van der Waals surface area contributed by atoms with E-state index in [0.29, 0.717) is 6.54 Å². The Balaban J connectivity index is 0.000000730. The highest BCUT2D eigenvalue weighted by Crippen LogP contribution is 2.23. The van der Waals surface area contributed by atoms with Crippen molar-refractivity contribution in [1.29, 1.82) is 0 Å². The van der Waals surface area contributed by atoms with Crippen LogP contribution in [0.25, 0.3) is 10.8 Å². The summed E-state index contributed by atoms with van der Waals surface area (Å²) in [7, 11) is 1.67. The van der Waals surface area contributed by atoms with E-state index in [2.05, 4.69) is 22.9 Å². The van der Waals surface area contributed by atoms with Crippen LogP contribution in [0.2, 0.25) is 0 Å². The van der Waals surface area contributed by atoms with Gasteiger partial charge in [-0.2, -0.15) is 12.6 Å². The Hall–Kier alpha value is -2.40. The molecule has 0 unspecified atom stereocenters. The minimum Gasteiger partial charge on any atom is -0.497 e. The van der Waals surface area contributed by atoms with Gasteiger partial charge >= 0.3 is 0 Å². The molecular formula is C20H27N3OS. The Morgan fingerprint density at radius 3 is 2.36 bits per heavy atom. The number of thiol groups is 1. The Kier molecular flexibility index (Phi) is 9.25. The van der Waals surface area contributed by atoms with Crippen molar-refractivity contribution in [2.24, 2.45) is 0 Å². The summed E-state index contributed by atoms with van der Waals surface area (Å²) in [4.78, 5) is 4.41. The normalized spacial score (nSPS) is 9.32. The molecule has 1 aromatic heterocycles. The maximum atomic E-state index is 5.81. The molecule has 3 aromatic rings. The molecule has 0 fully saturated rings. The first-order valence-corrected chi connectivity index (χ1v) is 9.11. The van der Waals surface area contributed by atoms with Crippen molar-refractivity contribution >= 4 is 34.9 Å². The number of rotatable bonds is 4. The van der Waals surface area contributed by atoms with Gasteiger partial charge in [0, 0.05) is 23.8 Å². The lowest BCUT2D eigenvalue weighted by molar-refractivity contribution is 0.414. The zero-order valence-corrected chi connectivity index (χ0v) is 16.2. The van der Waals surface area contributed by atoms with Crippen LogP contribution in [0.4, 0.5) is 11.5 Å². The third-order valence-electron chi connectivity index (χ3n) is 3.41. The Morgan fingerprint density at radius 2 is 1.72 bits per heavy atom. The van der Waals surface area contributed by atoms with Gasteiger partial charge in [0.05, 0.1) is 7.11 Å². The average molecular weight is 358 g/mol. The summed E-state index contributed by atoms with van der Waals surface area (Å²) in [6, 6.07) is 15.8. The lowest BCUT2D eigenvalue weighted by Gasteiger charge is -2.09. The van der Waals surface area contributed by atoms with E-state index in [-0.39, 0.29) is 0 Å². The van der Waals surface area contributed by atoms with Gasteiger partial charge < -0.3 is 15.8 Å². The summed E-state index contributed by atoms with van der Waals surface area (Å²) in [6.45, 7) is 4.71. The fraction of sp³-hybridized carbons (Fsp3) is 0.250. The summed E-state index contributed by atoms with van der Waals surface area (Å²) in [5, 5.41) is 5.52. The van der Waals surface area contributed by atoms with Crippen LogP contribution in [0.3, 0.4) is 0 Å². The number of nitrogens with two attached hydrogens (primary N) is 1. The SMILES string of the molecule is CC.COc1ccc(CNc2nccc3cc(N)ccc23)cc1.CS. The zero-order valence-electron chi connectivity index (χ0n) is 15.3. The molecule has 0 atom stereocenters. The molecule has 0 radical (unpaired) electrons. The lowest BCUT2D eigenvalue weighted by atomic mass is 10.1. The molecule has 0 saturated heterocycles. The molecule has 3 rings (SSSR count). The molecule has 4 nitrogen and oxygen atoms in total. The number of aromatic nitrogens is 1. The van der Waals surface area contributed by atoms with Crippen LogP contribution in [0.15, 0.2) is 54.7 Å². The highest BCUT2D eigenvalue weighted by molar-refractivity contribution is 7.79. The van der Waals surface area contributed by atoms with Gasteiger partial charge in [-0.3, -0.25) is 0 Å². The largest absolute Gasteiger partial charge is 0.497 e. The molecule has 0 aliphatic carbocycles. The van der Waals surface area contributed by atoms with Gasteiger partial charge in [-0.05, 0) is 53.6 Å². The van der Waals surface area contributed by atoms with E-state index in [1.54, 1.807) is 19.6 Å². The molecular weight excluding hydrogens is 330 g/mol. The first-order chi connectivity index (χ1) is 12.3. The van der Waals surface area contributed by atoms with Gasteiger partial charge in [0.1, 0.15) is 11.6 Å². The number of nitrogens with one attached hydrogen (secondary N) is 1. The molecule has 0 aliphatic rings. The number of hydrogen-bond donors (Lipinski definition) is 3. The van der Waals surface area contributed by atoms with Crippen molar-refractivity contribution in [2.45, 2.75) is 20.4 Å². The average Bonchev–Trinajstić information content (AvgIpc) is 2.69. The molecule has 0 saturated carbocycles. The first kappa shape index (κ1) is 20.6. The third kappa shape index (κ3) is 5.87. The maximum absolute atomic E-state index is 5.81. The molecule has 3 N–H and O–H groups in total. The van der Waals surface area contributed by atoms with Crippen LogP contribution in [0.1, 0.15) is 19.4 Å². The molecule has 0 aliphatic heterocycles. The smallest absolute Gasteiger partial charge is 0.134 e. The lowest BCUT2D eigenvalue weighted by Crippen LogP contribution is -2.02. The fourth-order valence-electron chi connectivity index (χ4n) is 2.27. The minimum absolute atomic E-state index is 0.709. The molecule has 0 spiro atoms. The highest BCUT2D eigenvalue weighted by Gasteiger charge is 2.03. The van der Waals surface area contributed by atoms with Gasteiger partial charge in [-0.15, -0.1) is 0 Å². The number of ether oxygens (including phenoxy) is 1. The highest BCUT2D eigenvalue weighted by atomic mass is 32.1. The van der Waals surface area contributed by atoms with Crippen molar-refractivity contribution in [2.75, 3.05) is 24.4 Å². The Morgan fingerprint density at radius 1 is 1.04 bits per heavy atom. The predicted molar refractivity (Wildman–Crippen MR) is 113 cm³/mol. The van der Waals surface area contributed by atoms with E-state index in [1.165, 1.54) is 5.56 Å². The second-order valence-electron chi connectivity index (χ2n) is 4.84. The quantitative estimate of drug-likeness (QED) is 0.454. The number of nitrogen functional groups attached to an aromatic ring is 1. The number of anilines is 2. The second-order valence-corrected chi connectivity index (χ2v) is 4.84. The standard InChI is InChI=1S/C17H17N3O.C2H6.CH4S/c1-21-15-5-2-12(3-6-15)11-20-17-16-7-4-14(18)10-13(16)8-9-19-17;2*1-2/h2-10H,11,18H2,1H3,(H,19,20);1-2H3;2H,1H3. The zero-order chi connectivity index (χ0) is 18.7. The molecule has 2 aromatic carbocycles.